The summed E-state index contributed by atoms with van der Waals surface area (Å²) in [5.41, 5.74) is 0.644. The van der Waals surface area contributed by atoms with E-state index in [1.54, 1.807) is 24.0 Å². The normalized spacial score (nSPS) is 10.8. The molecule has 0 spiro atoms. The van der Waals surface area contributed by atoms with E-state index in [2.05, 4.69) is 20.9 Å². The largest absolute Gasteiger partial charge is 0.356 e. The van der Waals surface area contributed by atoms with Crippen molar-refractivity contribution < 1.29 is 0 Å². The van der Waals surface area contributed by atoms with Gasteiger partial charge in [0.05, 0.1) is 0 Å². The fourth-order valence-corrected chi connectivity index (χ4v) is 1.63. The molecule has 0 radical (unpaired) electrons. The standard InChI is InChI=1S/C8H7BrN2O/c1-11-3-2-5-6(9)4-10-7(5)8(11)12/h2-4,10H,1H3. The van der Waals surface area contributed by atoms with Crippen LogP contribution in [0.4, 0.5) is 0 Å². The second-order valence-electron chi connectivity index (χ2n) is 2.66. The third-order valence-corrected chi connectivity index (χ3v) is 2.52. The van der Waals surface area contributed by atoms with Gasteiger partial charge in [-0.2, -0.15) is 0 Å². The number of hydrogen-bond donors (Lipinski definition) is 1. The van der Waals surface area contributed by atoms with Crippen molar-refractivity contribution in [1.29, 1.82) is 0 Å². The van der Waals surface area contributed by atoms with Gasteiger partial charge in [-0.3, -0.25) is 4.79 Å². The molecule has 62 valence electrons. The molecule has 1 N–H and O–H groups in total. The van der Waals surface area contributed by atoms with Crippen LogP contribution in [0.3, 0.4) is 0 Å². The number of nitrogens with one attached hydrogen (secondary N) is 1. The Bertz CT molecular complexity index is 483. The molecule has 3 nitrogen and oxygen atoms in total. The number of aromatic nitrogens is 2. The first-order valence-corrected chi connectivity index (χ1v) is 4.31. The zero-order valence-electron chi connectivity index (χ0n) is 6.47. The van der Waals surface area contributed by atoms with Crippen molar-refractivity contribution >= 4 is 26.8 Å². The summed E-state index contributed by atoms with van der Waals surface area (Å²) in [6.45, 7) is 0. The molecule has 2 aromatic heterocycles. The van der Waals surface area contributed by atoms with Crippen molar-refractivity contribution in [2.75, 3.05) is 0 Å². The fourth-order valence-electron chi connectivity index (χ4n) is 1.18. The summed E-state index contributed by atoms with van der Waals surface area (Å²) < 4.78 is 2.47. The predicted octanol–water partition coefficient (Wildman–Crippen LogP) is 1.63. The monoisotopic (exact) mass is 226 g/mol. The van der Waals surface area contributed by atoms with E-state index >= 15 is 0 Å². The Labute approximate surface area is 77.1 Å². The van der Waals surface area contributed by atoms with Crippen molar-refractivity contribution in [2.24, 2.45) is 7.05 Å². The Balaban J connectivity index is 3.03. The maximum absolute atomic E-state index is 11.5. The zero-order chi connectivity index (χ0) is 8.72. The highest BCUT2D eigenvalue weighted by atomic mass is 79.9. The quantitative estimate of drug-likeness (QED) is 0.729. The first kappa shape index (κ1) is 7.61. The summed E-state index contributed by atoms with van der Waals surface area (Å²) in [5, 5.41) is 0.929. The maximum Gasteiger partial charge on any atom is 0.274 e. The molecule has 0 aromatic carbocycles. The smallest absolute Gasteiger partial charge is 0.274 e. The van der Waals surface area contributed by atoms with Gasteiger partial charge in [-0.05, 0) is 22.0 Å². The summed E-state index contributed by atoms with van der Waals surface area (Å²) in [5.74, 6) is 0. The van der Waals surface area contributed by atoms with Crippen LogP contribution < -0.4 is 5.56 Å². The number of pyridine rings is 1. The van der Waals surface area contributed by atoms with E-state index in [-0.39, 0.29) is 5.56 Å². The van der Waals surface area contributed by atoms with Crippen molar-refractivity contribution in [3.63, 3.8) is 0 Å². The lowest BCUT2D eigenvalue weighted by molar-refractivity contribution is 0.870. The summed E-state index contributed by atoms with van der Waals surface area (Å²) in [6.07, 6.45) is 3.52. The number of aromatic amines is 1. The number of nitrogens with zero attached hydrogens (tertiary/aromatic N) is 1. The SMILES string of the molecule is Cn1ccc2c(Br)c[nH]c2c1=O. The topological polar surface area (TPSA) is 37.8 Å². The van der Waals surface area contributed by atoms with Gasteiger partial charge in [0.1, 0.15) is 5.52 Å². The van der Waals surface area contributed by atoms with Crippen LogP contribution in [0.1, 0.15) is 0 Å². The van der Waals surface area contributed by atoms with E-state index in [0.717, 1.165) is 9.86 Å². The van der Waals surface area contributed by atoms with E-state index < -0.39 is 0 Å². The molecule has 2 aromatic rings. The molecular weight excluding hydrogens is 220 g/mol. The third-order valence-electron chi connectivity index (χ3n) is 1.87. The summed E-state index contributed by atoms with van der Waals surface area (Å²) in [4.78, 5) is 14.4. The average Bonchev–Trinajstić information content (AvgIpc) is 2.41. The van der Waals surface area contributed by atoms with Crippen LogP contribution >= 0.6 is 15.9 Å². The van der Waals surface area contributed by atoms with Crippen LogP contribution in [-0.2, 0) is 7.05 Å². The van der Waals surface area contributed by atoms with E-state index in [4.69, 9.17) is 0 Å². The number of fused-ring (bicyclic) bond motifs is 1. The molecule has 0 atom stereocenters. The molecular formula is C8H7BrN2O. The summed E-state index contributed by atoms with van der Waals surface area (Å²) in [7, 11) is 1.73. The number of aryl methyl sites for hydroxylation is 1. The van der Waals surface area contributed by atoms with Gasteiger partial charge in [-0.25, -0.2) is 0 Å². The first-order valence-electron chi connectivity index (χ1n) is 3.52. The minimum Gasteiger partial charge on any atom is -0.356 e. The van der Waals surface area contributed by atoms with E-state index in [1.165, 1.54) is 0 Å². The number of halogens is 1. The Morgan fingerprint density at radius 2 is 2.33 bits per heavy atom. The van der Waals surface area contributed by atoms with Gasteiger partial charge in [-0.15, -0.1) is 0 Å². The van der Waals surface area contributed by atoms with E-state index in [0.29, 0.717) is 5.52 Å². The van der Waals surface area contributed by atoms with Gasteiger partial charge in [0.15, 0.2) is 0 Å². The molecule has 0 aliphatic rings. The minimum atomic E-state index is -0.00167. The fraction of sp³-hybridized carbons (Fsp3) is 0.125. The zero-order valence-corrected chi connectivity index (χ0v) is 8.05. The molecule has 0 aliphatic carbocycles. The Morgan fingerprint density at radius 3 is 3.08 bits per heavy atom. The van der Waals surface area contributed by atoms with Crippen LogP contribution in [0, 0.1) is 0 Å². The van der Waals surface area contributed by atoms with Gasteiger partial charge >= 0.3 is 0 Å². The van der Waals surface area contributed by atoms with Crippen molar-refractivity contribution in [3.05, 3.63) is 33.3 Å². The van der Waals surface area contributed by atoms with Gasteiger partial charge in [-0.1, -0.05) is 0 Å². The lowest BCUT2D eigenvalue weighted by Crippen LogP contribution is -2.15. The van der Waals surface area contributed by atoms with Crippen molar-refractivity contribution in [1.82, 2.24) is 9.55 Å². The van der Waals surface area contributed by atoms with Crippen molar-refractivity contribution in [2.45, 2.75) is 0 Å². The second kappa shape index (κ2) is 2.48. The predicted molar refractivity (Wildman–Crippen MR) is 51.2 cm³/mol. The average molecular weight is 227 g/mol. The number of rotatable bonds is 0. The molecule has 12 heavy (non-hydrogen) atoms. The van der Waals surface area contributed by atoms with Gasteiger partial charge in [0.25, 0.3) is 5.56 Å². The highest BCUT2D eigenvalue weighted by Gasteiger charge is 2.03. The molecule has 0 fully saturated rings. The van der Waals surface area contributed by atoms with Crippen molar-refractivity contribution in [3.8, 4) is 0 Å². The Hall–Kier alpha value is -1.03. The molecule has 0 bridgehead atoms. The maximum atomic E-state index is 11.5. The minimum absolute atomic E-state index is 0.00167. The molecule has 2 heterocycles. The summed E-state index contributed by atoms with van der Waals surface area (Å²) in [6, 6.07) is 1.90. The molecule has 4 heteroatoms. The third kappa shape index (κ3) is 0.914. The highest BCUT2D eigenvalue weighted by molar-refractivity contribution is 9.10. The Morgan fingerprint density at radius 1 is 1.58 bits per heavy atom. The Kier molecular flexibility index (Phi) is 1.58. The molecule has 0 unspecified atom stereocenters. The van der Waals surface area contributed by atoms with Crippen LogP contribution in [0.5, 0.6) is 0 Å². The number of hydrogen-bond acceptors (Lipinski definition) is 1. The van der Waals surface area contributed by atoms with Crippen LogP contribution in [0.2, 0.25) is 0 Å². The van der Waals surface area contributed by atoms with Crippen LogP contribution in [-0.4, -0.2) is 9.55 Å². The molecule has 0 saturated heterocycles. The lowest BCUT2D eigenvalue weighted by Gasteiger charge is -1.95. The highest BCUT2D eigenvalue weighted by Crippen LogP contribution is 2.19. The first-order chi connectivity index (χ1) is 5.70. The van der Waals surface area contributed by atoms with Gasteiger partial charge in [0.2, 0.25) is 0 Å². The molecule has 0 amide bonds. The second-order valence-corrected chi connectivity index (χ2v) is 3.51. The lowest BCUT2D eigenvalue weighted by atomic mass is 10.3. The van der Waals surface area contributed by atoms with E-state index in [1.807, 2.05) is 6.07 Å². The number of H-pyrrole nitrogens is 1. The van der Waals surface area contributed by atoms with Gasteiger partial charge in [0, 0.05) is 29.3 Å². The van der Waals surface area contributed by atoms with E-state index in [9.17, 15) is 4.79 Å². The molecule has 0 aliphatic heterocycles. The molecule has 0 saturated carbocycles. The van der Waals surface area contributed by atoms with Gasteiger partial charge < -0.3 is 9.55 Å². The van der Waals surface area contributed by atoms with Crippen LogP contribution in [0.25, 0.3) is 10.9 Å². The summed E-state index contributed by atoms with van der Waals surface area (Å²) >= 11 is 3.35. The van der Waals surface area contributed by atoms with Crippen LogP contribution in [0.15, 0.2) is 27.7 Å². The molecule has 2 rings (SSSR count).